The first-order valence-electron chi connectivity index (χ1n) is 8.52. The summed E-state index contributed by atoms with van der Waals surface area (Å²) in [6, 6.07) is 3.86. The standard InChI is InChI=1S/C16H16F4N2O2.C2H4O2/c17-12-4-9(3-11(7-12)16(18,19)20)5-13-6-10(1-2-21-13)14-8-15(23)22-24-14;1-2(3)4/h3-4,7-8,10,13,21H,1-2,5-6H2,(H,22,23);1H3,(H,3,4)/t10-,13+;/m1./s1. The van der Waals surface area contributed by atoms with Crippen LogP contribution in [0.3, 0.4) is 0 Å². The summed E-state index contributed by atoms with van der Waals surface area (Å²) in [5, 5.41) is 12.9. The third-order valence-corrected chi connectivity index (χ3v) is 4.21. The highest BCUT2D eigenvalue weighted by Gasteiger charge is 2.32. The monoisotopic (exact) mass is 404 g/mol. The number of hydrogen-bond acceptors (Lipinski definition) is 4. The zero-order chi connectivity index (χ0) is 20.9. The molecule has 3 N–H and O–H groups in total. The first kappa shape index (κ1) is 21.7. The molecule has 10 heteroatoms. The Hall–Kier alpha value is -2.62. The minimum absolute atomic E-state index is 0.00541. The molecule has 28 heavy (non-hydrogen) atoms. The molecule has 0 aliphatic carbocycles. The zero-order valence-electron chi connectivity index (χ0n) is 15.0. The quantitative estimate of drug-likeness (QED) is 0.683. The van der Waals surface area contributed by atoms with Crippen molar-refractivity contribution in [1.29, 1.82) is 0 Å². The second-order valence-electron chi connectivity index (χ2n) is 6.56. The van der Waals surface area contributed by atoms with E-state index in [0.29, 0.717) is 24.8 Å². The van der Waals surface area contributed by atoms with Crippen LogP contribution in [-0.4, -0.2) is 28.8 Å². The smallest absolute Gasteiger partial charge is 0.416 e. The number of H-pyrrole nitrogens is 1. The van der Waals surface area contributed by atoms with Crippen LogP contribution in [0.1, 0.15) is 42.6 Å². The van der Waals surface area contributed by atoms with E-state index in [0.717, 1.165) is 25.5 Å². The summed E-state index contributed by atoms with van der Waals surface area (Å²) < 4.78 is 56.9. The highest BCUT2D eigenvalue weighted by molar-refractivity contribution is 5.62. The van der Waals surface area contributed by atoms with Crippen molar-refractivity contribution < 1.29 is 32.0 Å². The van der Waals surface area contributed by atoms with Gasteiger partial charge < -0.3 is 14.9 Å². The summed E-state index contributed by atoms with van der Waals surface area (Å²) >= 11 is 0. The molecule has 1 aromatic carbocycles. The van der Waals surface area contributed by atoms with Gasteiger partial charge >= 0.3 is 6.18 Å². The maximum atomic E-state index is 13.5. The molecule has 0 unspecified atom stereocenters. The molecule has 0 radical (unpaired) electrons. The predicted molar refractivity (Wildman–Crippen MR) is 91.5 cm³/mol. The third-order valence-electron chi connectivity index (χ3n) is 4.21. The number of piperidine rings is 1. The van der Waals surface area contributed by atoms with Crippen LogP contribution in [0, 0.1) is 5.82 Å². The van der Waals surface area contributed by atoms with E-state index in [2.05, 4.69) is 10.5 Å². The molecule has 1 saturated heterocycles. The highest BCUT2D eigenvalue weighted by Crippen LogP contribution is 2.32. The van der Waals surface area contributed by atoms with Gasteiger partial charge in [0.1, 0.15) is 11.6 Å². The molecule has 0 bridgehead atoms. The van der Waals surface area contributed by atoms with Gasteiger partial charge in [0.15, 0.2) is 0 Å². The van der Waals surface area contributed by atoms with E-state index >= 15 is 0 Å². The van der Waals surface area contributed by atoms with Crippen molar-refractivity contribution in [3.05, 3.63) is 57.3 Å². The molecule has 154 valence electrons. The van der Waals surface area contributed by atoms with Crippen LogP contribution in [0.25, 0.3) is 0 Å². The Morgan fingerprint density at radius 3 is 2.54 bits per heavy atom. The number of hydrogen-bond donors (Lipinski definition) is 3. The van der Waals surface area contributed by atoms with Gasteiger partial charge in [-0.05, 0) is 49.6 Å². The molecule has 0 amide bonds. The molecule has 1 aliphatic heterocycles. The number of carbonyl (C=O) groups is 1. The molecule has 2 aromatic rings. The minimum atomic E-state index is -4.58. The number of carboxylic acid groups (broad SMARTS) is 1. The molecule has 6 nitrogen and oxygen atoms in total. The van der Waals surface area contributed by atoms with E-state index in [1.54, 1.807) is 0 Å². The van der Waals surface area contributed by atoms with Gasteiger partial charge in [0.2, 0.25) is 0 Å². The van der Waals surface area contributed by atoms with E-state index in [4.69, 9.17) is 14.4 Å². The summed E-state index contributed by atoms with van der Waals surface area (Å²) in [6.45, 7) is 1.73. The molecule has 0 saturated carbocycles. The predicted octanol–water partition coefficient (Wildman–Crippen LogP) is 3.30. The number of alkyl halides is 3. The SMILES string of the molecule is CC(=O)O.O=c1cc([C@@H]2CCN[C@@H](Cc3cc(F)cc(C(F)(F)F)c3)C2)o[nH]1. The normalized spacial score (nSPS) is 19.6. The Morgan fingerprint density at radius 2 is 1.96 bits per heavy atom. The van der Waals surface area contributed by atoms with Gasteiger partial charge in [-0.1, -0.05) is 0 Å². The number of aromatic amines is 1. The van der Waals surface area contributed by atoms with Gasteiger partial charge in [0, 0.05) is 24.9 Å². The van der Waals surface area contributed by atoms with Crippen LogP contribution in [0.2, 0.25) is 0 Å². The Kier molecular flexibility index (Phi) is 7.00. The number of carboxylic acids is 1. The average molecular weight is 404 g/mol. The third kappa shape index (κ3) is 6.52. The summed E-state index contributed by atoms with van der Waals surface area (Å²) in [6.07, 6.45) is -2.95. The first-order chi connectivity index (χ1) is 13.0. The van der Waals surface area contributed by atoms with Crippen molar-refractivity contribution in [2.75, 3.05) is 6.54 Å². The van der Waals surface area contributed by atoms with Crippen molar-refractivity contribution in [3.8, 4) is 0 Å². The van der Waals surface area contributed by atoms with E-state index in [1.807, 2.05) is 0 Å². The lowest BCUT2D eigenvalue weighted by molar-refractivity contribution is -0.138. The summed E-state index contributed by atoms with van der Waals surface area (Å²) in [7, 11) is 0. The largest absolute Gasteiger partial charge is 0.481 e. The molecular weight excluding hydrogens is 384 g/mol. The Labute approximate surface area is 157 Å². The van der Waals surface area contributed by atoms with Crippen molar-refractivity contribution in [2.24, 2.45) is 0 Å². The fraction of sp³-hybridized carbons (Fsp3) is 0.444. The minimum Gasteiger partial charge on any atom is -0.481 e. The van der Waals surface area contributed by atoms with Crippen molar-refractivity contribution in [3.63, 3.8) is 0 Å². The van der Waals surface area contributed by atoms with Crippen LogP contribution in [0.5, 0.6) is 0 Å². The van der Waals surface area contributed by atoms with E-state index in [-0.39, 0.29) is 29.5 Å². The first-order valence-corrected chi connectivity index (χ1v) is 8.52. The number of nitrogens with one attached hydrogen (secondary N) is 2. The summed E-state index contributed by atoms with van der Waals surface area (Å²) in [5.74, 6) is -1.18. The number of aliphatic carboxylic acids is 1. The lowest BCUT2D eigenvalue weighted by Gasteiger charge is -2.29. The molecule has 1 aromatic heterocycles. The topological polar surface area (TPSA) is 95.3 Å². The molecule has 1 fully saturated rings. The van der Waals surface area contributed by atoms with E-state index in [9.17, 15) is 22.4 Å². The second-order valence-corrected chi connectivity index (χ2v) is 6.56. The van der Waals surface area contributed by atoms with Crippen molar-refractivity contribution in [2.45, 2.75) is 44.3 Å². The van der Waals surface area contributed by atoms with Gasteiger partial charge in [-0.3, -0.25) is 9.59 Å². The number of rotatable bonds is 3. The van der Waals surface area contributed by atoms with Crippen LogP contribution in [0.4, 0.5) is 17.6 Å². The summed E-state index contributed by atoms with van der Waals surface area (Å²) in [5.41, 5.74) is -1.02. The zero-order valence-corrected chi connectivity index (χ0v) is 15.0. The lowest BCUT2D eigenvalue weighted by atomic mass is 9.87. The lowest BCUT2D eigenvalue weighted by Crippen LogP contribution is -2.38. The van der Waals surface area contributed by atoms with Crippen LogP contribution >= 0.6 is 0 Å². The molecule has 2 atom stereocenters. The van der Waals surface area contributed by atoms with E-state index in [1.165, 1.54) is 6.07 Å². The van der Waals surface area contributed by atoms with E-state index < -0.39 is 23.5 Å². The number of benzene rings is 1. The van der Waals surface area contributed by atoms with Crippen molar-refractivity contribution >= 4 is 5.97 Å². The van der Waals surface area contributed by atoms with Crippen LogP contribution in [-0.2, 0) is 17.4 Å². The Bertz CT molecular complexity index is 856. The number of halogens is 4. The molecular formula is C18H20F4N2O4. The summed E-state index contributed by atoms with van der Waals surface area (Å²) in [4.78, 5) is 20.2. The maximum Gasteiger partial charge on any atom is 0.416 e. The maximum absolute atomic E-state index is 13.5. The van der Waals surface area contributed by atoms with Crippen LogP contribution in [0.15, 0.2) is 33.6 Å². The number of aromatic nitrogens is 1. The molecule has 1 aliphatic rings. The highest BCUT2D eigenvalue weighted by atomic mass is 19.4. The van der Waals surface area contributed by atoms with Gasteiger partial charge in [-0.15, -0.1) is 0 Å². The van der Waals surface area contributed by atoms with Gasteiger partial charge in [-0.25, -0.2) is 4.39 Å². The second kappa shape index (κ2) is 9.05. The van der Waals surface area contributed by atoms with Gasteiger partial charge in [0.05, 0.1) is 5.56 Å². The average Bonchev–Trinajstić information content (AvgIpc) is 3.00. The molecule has 2 heterocycles. The van der Waals surface area contributed by atoms with Gasteiger partial charge in [0.25, 0.3) is 11.5 Å². The molecule has 3 rings (SSSR count). The molecule has 0 spiro atoms. The van der Waals surface area contributed by atoms with Crippen molar-refractivity contribution in [1.82, 2.24) is 10.5 Å². The Balaban J connectivity index is 0.000000640. The Morgan fingerprint density at radius 1 is 1.29 bits per heavy atom. The fourth-order valence-corrected chi connectivity index (χ4v) is 3.14. The fourth-order valence-electron chi connectivity index (χ4n) is 3.14. The van der Waals surface area contributed by atoms with Gasteiger partial charge in [-0.2, -0.15) is 18.3 Å². The van der Waals surface area contributed by atoms with Crippen LogP contribution < -0.4 is 10.9 Å².